The highest BCUT2D eigenvalue weighted by atomic mass is 35.5. The fraction of sp³-hybridized carbons (Fsp3) is 0.278. The molecule has 0 N–H and O–H groups in total. The molecule has 1 atom stereocenters. The third-order valence-electron chi connectivity index (χ3n) is 4.56. The van der Waals surface area contributed by atoms with Crippen LogP contribution in [0, 0.1) is 0 Å². The second-order valence-corrected chi connectivity index (χ2v) is 7.39. The number of nitrogens with zero attached hydrogens (tertiary/aromatic N) is 2. The Bertz CT molecular complexity index is 1080. The number of hydrogen-bond donors (Lipinski definition) is 0. The molecule has 0 amide bonds. The second-order valence-electron chi connectivity index (χ2n) is 6.57. The molecule has 2 aromatic rings. The number of halogens is 8. The predicted molar refractivity (Wildman–Crippen MR) is 94.5 cm³/mol. The van der Waals surface area contributed by atoms with E-state index in [1.54, 1.807) is 0 Å². The molecule has 4 nitrogen and oxygen atoms in total. The maximum atomic E-state index is 12.9. The monoisotopic (exact) mass is 470 g/mol. The zero-order chi connectivity index (χ0) is 22.6. The topological polar surface area (TPSA) is 52.1 Å². The number of alkyl halides is 6. The Kier molecular flexibility index (Phi) is 5.31. The number of ether oxygens (including phenoxy) is 1. The number of rotatable bonds is 2. The number of hydrogen-bond acceptors (Lipinski definition) is 4. The summed E-state index contributed by atoms with van der Waals surface area (Å²) >= 11 is 11.9. The minimum atomic E-state index is -4.69. The minimum absolute atomic E-state index is 0.0872. The van der Waals surface area contributed by atoms with Crippen LogP contribution < -0.4 is 0 Å². The minimum Gasteiger partial charge on any atom is -0.428 e. The van der Waals surface area contributed by atoms with E-state index in [0.717, 1.165) is 0 Å². The van der Waals surface area contributed by atoms with E-state index in [-0.39, 0.29) is 27.7 Å². The normalized spacial score (nSPS) is 21.2. The number of allylic oxidation sites excluding steroid dienone is 1. The van der Waals surface area contributed by atoms with Crippen LogP contribution in [0.5, 0.6) is 0 Å². The molecule has 1 fully saturated rings. The summed E-state index contributed by atoms with van der Waals surface area (Å²) in [6.45, 7) is 2.70. The molecule has 160 valence electrons. The first-order valence-electron chi connectivity index (χ1n) is 8.07. The van der Waals surface area contributed by atoms with Crippen molar-refractivity contribution in [2.45, 2.75) is 31.6 Å². The van der Waals surface area contributed by atoms with Crippen molar-refractivity contribution in [3.63, 3.8) is 0 Å². The van der Waals surface area contributed by atoms with Crippen LogP contribution in [0.4, 0.5) is 26.3 Å². The van der Waals surface area contributed by atoms with Crippen LogP contribution in [0.15, 0.2) is 30.3 Å². The van der Waals surface area contributed by atoms with Gasteiger partial charge in [-0.25, -0.2) is 0 Å². The highest BCUT2D eigenvalue weighted by Gasteiger charge is 2.56. The fourth-order valence-electron chi connectivity index (χ4n) is 2.94. The van der Waals surface area contributed by atoms with Crippen molar-refractivity contribution < 1.29 is 35.9 Å². The Morgan fingerprint density at radius 3 is 1.90 bits per heavy atom. The molecule has 0 aromatic carbocycles. The number of cyclic esters (lactones) is 1. The first-order valence-corrected chi connectivity index (χ1v) is 8.83. The average molecular weight is 471 g/mol. The van der Waals surface area contributed by atoms with E-state index in [2.05, 4.69) is 9.97 Å². The number of carbonyl (C=O) groups excluding carboxylic acids is 1. The zero-order valence-corrected chi connectivity index (χ0v) is 16.6. The highest BCUT2D eigenvalue weighted by Crippen LogP contribution is 2.48. The van der Waals surface area contributed by atoms with Crippen molar-refractivity contribution in [2.24, 2.45) is 0 Å². The van der Waals surface area contributed by atoms with Gasteiger partial charge in [-0.3, -0.25) is 14.8 Å². The molecular formula is C18H10Cl2F6N2O2. The standard InChI is InChI=1S/C18H10Cl2F6N2O2/c1-7(12-10(19)3-8(5-27-12)17(21,22)23)14-16(2,15(29)30-14)13-11(20)4-9(6-28-13)18(24,25)26/h3-6H,1-2H3. The van der Waals surface area contributed by atoms with Crippen molar-refractivity contribution in [3.8, 4) is 0 Å². The van der Waals surface area contributed by atoms with Gasteiger partial charge in [-0.1, -0.05) is 23.2 Å². The molecule has 2 aromatic heterocycles. The number of carbonyl (C=O) groups is 1. The van der Waals surface area contributed by atoms with Crippen molar-refractivity contribution in [1.29, 1.82) is 0 Å². The summed E-state index contributed by atoms with van der Waals surface area (Å²) in [5, 5.41) is -0.785. The Morgan fingerprint density at radius 1 is 0.967 bits per heavy atom. The number of pyridine rings is 2. The van der Waals surface area contributed by atoms with Crippen molar-refractivity contribution in [2.75, 3.05) is 0 Å². The van der Waals surface area contributed by atoms with Crippen LogP contribution in [0.1, 0.15) is 36.4 Å². The maximum absolute atomic E-state index is 12.9. The molecule has 0 saturated carbocycles. The lowest BCUT2D eigenvalue weighted by Crippen LogP contribution is -2.49. The van der Waals surface area contributed by atoms with Crippen molar-refractivity contribution in [1.82, 2.24) is 9.97 Å². The van der Waals surface area contributed by atoms with Crippen LogP contribution in [-0.2, 0) is 27.3 Å². The van der Waals surface area contributed by atoms with E-state index in [4.69, 9.17) is 27.9 Å². The average Bonchev–Trinajstić information content (AvgIpc) is 2.63. The largest absolute Gasteiger partial charge is 0.428 e. The highest BCUT2D eigenvalue weighted by molar-refractivity contribution is 6.32. The number of aromatic nitrogens is 2. The molecule has 0 radical (unpaired) electrons. The van der Waals surface area contributed by atoms with Gasteiger partial charge in [0.2, 0.25) is 0 Å². The van der Waals surface area contributed by atoms with Gasteiger partial charge in [-0.15, -0.1) is 0 Å². The van der Waals surface area contributed by atoms with E-state index in [0.29, 0.717) is 24.5 Å². The molecular weight excluding hydrogens is 461 g/mol. The van der Waals surface area contributed by atoms with Gasteiger partial charge < -0.3 is 4.74 Å². The predicted octanol–water partition coefficient (Wildman–Crippen LogP) is 6.07. The molecule has 0 spiro atoms. The van der Waals surface area contributed by atoms with E-state index < -0.39 is 39.9 Å². The lowest BCUT2D eigenvalue weighted by Gasteiger charge is -2.39. The quantitative estimate of drug-likeness (QED) is 0.395. The smallest absolute Gasteiger partial charge is 0.417 e. The van der Waals surface area contributed by atoms with E-state index in [1.807, 2.05) is 0 Å². The Balaban J connectivity index is 2.10. The summed E-state index contributed by atoms with van der Waals surface area (Å²) in [5.74, 6) is -0.940. The molecule has 0 bridgehead atoms. The Hall–Kier alpha value is -2.33. The lowest BCUT2D eigenvalue weighted by atomic mass is 9.77. The van der Waals surface area contributed by atoms with Gasteiger partial charge in [0.05, 0.1) is 32.6 Å². The molecule has 30 heavy (non-hydrogen) atoms. The molecule has 3 rings (SSSR count). The van der Waals surface area contributed by atoms with E-state index in [9.17, 15) is 31.1 Å². The van der Waals surface area contributed by atoms with Gasteiger partial charge >= 0.3 is 18.3 Å². The van der Waals surface area contributed by atoms with Crippen molar-refractivity contribution >= 4 is 34.7 Å². The Morgan fingerprint density at radius 2 is 1.47 bits per heavy atom. The van der Waals surface area contributed by atoms with Crippen molar-refractivity contribution in [3.05, 3.63) is 62.8 Å². The van der Waals surface area contributed by atoms with Gasteiger partial charge in [0.15, 0.2) is 5.41 Å². The van der Waals surface area contributed by atoms with Crippen LogP contribution in [-0.4, -0.2) is 15.9 Å². The molecule has 0 aliphatic carbocycles. The second kappa shape index (κ2) is 7.12. The maximum Gasteiger partial charge on any atom is 0.417 e. The molecule has 12 heteroatoms. The van der Waals surface area contributed by atoms with E-state index >= 15 is 0 Å². The summed E-state index contributed by atoms with van der Waals surface area (Å²) in [6, 6.07) is 1.28. The SMILES string of the molecule is CC(=C1OC(=O)C1(C)c1ncc(C(F)(F)F)cc1Cl)c1ncc(C(F)(F)F)cc1Cl. The van der Waals surface area contributed by atoms with Gasteiger partial charge in [0, 0.05) is 18.0 Å². The molecule has 1 aliphatic rings. The lowest BCUT2D eigenvalue weighted by molar-refractivity contribution is -0.159. The molecule has 3 heterocycles. The van der Waals surface area contributed by atoms with Crippen LogP contribution in [0.2, 0.25) is 10.0 Å². The Labute approximate surface area is 175 Å². The number of esters is 1. The molecule has 1 aliphatic heterocycles. The van der Waals surface area contributed by atoms with Gasteiger partial charge in [0.25, 0.3) is 0 Å². The van der Waals surface area contributed by atoms with E-state index in [1.165, 1.54) is 13.8 Å². The molecule has 1 saturated heterocycles. The summed E-state index contributed by atoms with van der Waals surface area (Å²) in [4.78, 5) is 19.6. The zero-order valence-electron chi connectivity index (χ0n) is 15.0. The van der Waals surface area contributed by atoms with Crippen LogP contribution in [0.3, 0.4) is 0 Å². The van der Waals surface area contributed by atoms with Crippen LogP contribution in [0.25, 0.3) is 5.57 Å². The third-order valence-corrected chi connectivity index (χ3v) is 5.14. The van der Waals surface area contributed by atoms with Gasteiger partial charge in [-0.2, -0.15) is 26.3 Å². The third kappa shape index (κ3) is 3.62. The van der Waals surface area contributed by atoms with Gasteiger partial charge in [0.1, 0.15) is 5.76 Å². The fourth-order valence-corrected chi connectivity index (χ4v) is 3.60. The molecule has 1 unspecified atom stereocenters. The first-order chi connectivity index (χ1) is 13.7. The summed E-state index contributed by atoms with van der Waals surface area (Å²) in [7, 11) is 0. The summed E-state index contributed by atoms with van der Waals surface area (Å²) < 4.78 is 82.0. The summed E-state index contributed by atoms with van der Waals surface area (Å²) in [5.41, 5.74) is -4.04. The van der Waals surface area contributed by atoms with Gasteiger partial charge in [-0.05, 0) is 26.0 Å². The first kappa shape index (κ1) is 22.4. The van der Waals surface area contributed by atoms with Crippen LogP contribution >= 0.6 is 23.2 Å². The summed E-state index contributed by atoms with van der Waals surface area (Å²) in [6.07, 6.45) is -8.27.